The molecule has 7 nitrogen and oxygen atoms in total. The van der Waals surface area contributed by atoms with E-state index in [9.17, 15) is 19.5 Å². The lowest BCUT2D eigenvalue weighted by molar-refractivity contribution is -0.139. The molecule has 0 spiro atoms. The number of carbonyl (C=O) groups is 3. The molecular formula is C27H22N2O5. The van der Waals surface area contributed by atoms with Crippen LogP contribution in [0.2, 0.25) is 0 Å². The maximum absolute atomic E-state index is 12.6. The summed E-state index contributed by atoms with van der Waals surface area (Å²) in [5, 5.41) is 14.2. The average molecular weight is 454 g/mol. The van der Waals surface area contributed by atoms with Gasteiger partial charge in [0.05, 0.1) is 11.3 Å². The van der Waals surface area contributed by atoms with Crippen molar-refractivity contribution in [1.29, 1.82) is 0 Å². The van der Waals surface area contributed by atoms with Crippen molar-refractivity contribution in [3.63, 3.8) is 0 Å². The van der Waals surface area contributed by atoms with Crippen LogP contribution in [0.5, 0.6) is 0 Å². The summed E-state index contributed by atoms with van der Waals surface area (Å²) in [6, 6.07) is 21.0. The van der Waals surface area contributed by atoms with Gasteiger partial charge in [-0.15, -0.1) is 12.3 Å². The maximum Gasteiger partial charge on any atom is 0.411 e. The van der Waals surface area contributed by atoms with Crippen LogP contribution in [0.3, 0.4) is 0 Å². The van der Waals surface area contributed by atoms with Gasteiger partial charge in [0.15, 0.2) is 0 Å². The third-order valence-electron chi connectivity index (χ3n) is 5.68. The van der Waals surface area contributed by atoms with Gasteiger partial charge in [-0.1, -0.05) is 60.7 Å². The molecule has 3 aromatic carbocycles. The smallest absolute Gasteiger partial charge is 0.411 e. The Labute approximate surface area is 196 Å². The second-order valence-electron chi connectivity index (χ2n) is 7.77. The van der Waals surface area contributed by atoms with Crippen LogP contribution in [-0.4, -0.2) is 35.7 Å². The third kappa shape index (κ3) is 4.62. The molecule has 3 N–H and O–H groups in total. The van der Waals surface area contributed by atoms with Gasteiger partial charge >= 0.3 is 12.1 Å². The first-order chi connectivity index (χ1) is 16.5. The topological polar surface area (TPSA) is 105 Å². The molecule has 0 aromatic heterocycles. The second-order valence-corrected chi connectivity index (χ2v) is 7.77. The molecule has 1 atom stereocenters. The fraction of sp³-hybridized carbons (Fsp3) is 0.148. The van der Waals surface area contributed by atoms with Crippen LogP contribution >= 0.6 is 0 Å². The fourth-order valence-corrected chi connectivity index (χ4v) is 4.09. The number of benzene rings is 3. The van der Waals surface area contributed by atoms with Gasteiger partial charge in [0, 0.05) is 12.3 Å². The van der Waals surface area contributed by atoms with Gasteiger partial charge in [-0.3, -0.25) is 10.1 Å². The molecule has 4 rings (SSSR count). The summed E-state index contributed by atoms with van der Waals surface area (Å²) in [4.78, 5) is 36.6. The number of terminal acetylenes is 1. The van der Waals surface area contributed by atoms with E-state index in [0.29, 0.717) is 0 Å². The van der Waals surface area contributed by atoms with Crippen molar-refractivity contribution in [3.8, 4) is 23.5 Å². The van der Waals surface area contributed by atoms with Crippen molar-refractivity contribution in [3.05, 3.63) is 89.5 Å². The summed E-state index contributed by atoms with van der Waals surface area (Å²) in [6.45, 7) is 0.123. The number of hydrogen-bond donors (Lipinski definition) is 3. The van der Waals surface area contributed by atoms with Gasteiger partial charge in [0.1, 0.15) is 12.6 Å². The molecule has 0 aliphatic heterocycles. The number of nitrogens with one attached hydrogen (secondary N) is 2. The molecule has 0 radical (unpaired) electrons. The van der Waals surface area contributed by atoms with E-state index in [4.69, 9.17) is 11.2 Å². The highest BCUT2D eigenvalue weighted by Crippen LogP contribution is 2.44. The fourth-order valence-electron chi connectivity index (χ4n) is 4.09. The molecule has 0 saturated carbocycles. The summed E-state index contributed by atoms with van der Waals surface area (Å²) in [5.74, 6) is 0.213. The second kappa shape index (κ2) is 9.92. The van der Waals surface area contributed by atoms with E-state index in [1.54, 1.807) is 12.1 Å². The summed E-state index contributed by atoms with van der Waals surface area (Å²) in [5.41, 5.74) is 4.71. The molecule has 1 aliphatic rings. The predicted molar refractivity (Wildman–Crippen MR) is 127 cm³/mol. The Hall–Kier alpha value is -4.57. The molecule has 7 heteroatoms. The van der Waals surface area contributed by atoms with Crippen molar-refractivity contribution in [2.75, 3.05) is 11.9 Å². The van der Waals surface area contributed by atoms with Crippen molar-refractivity contribution >= 4 is 23.7 Å². The van der Waals surface area contributed by atoms with Crippen LogP contribution in [0.15, 0.2) is 72.8 Å². The predicted octanol–water partition coefficient (Wildman–Crippen LogP) is 4.25. The number of ether oxygens (including phenoxy) is 1. The zero-order valence-corrected chi connectivity index (χ0v) is 18.2. The van der Waals surface area contributed by atoms with Crippen molar-refractivity contribution in [2.45, 2.75) is 18.4 Å². The minimum absolute atomic E-state index is 0.0966. The van der Waals surface area contributed by atoms with E-state index in [1.165, 1.54) is 12.1 Å². The van der Waals surface area contributed by atoms with E-state index in [1.807, 2.05) is 48.5 Å². The molecule has 2 amide bonds. The van der Waals surface area contributed by atoms with E-state index < -0.39 is 24.0 Å². The highest BCUT2D eigenvalue weighted by Gasteiger charge is 2.29. The molecule has 0 heterocycles. The number of carboxylic acid groups (broad SMARTS) is 1. The molecular weight excluding hydrogens is 432 g/mol. The largest absolute Gasteiger partial charge is 0.480 e. The Morgan fingerprint density at radius 3 is 2.15 bits per heavy atom. The monoisotopic (exact) mass is 454 g/mol. The first kappa shape index (κ1) is 22.6. The van der Waals surface area contributed by atoms with Gasteiger partial charge in [0.2, 0.25) is 0 Å². The van der Waals surface area contributed by atoms with Crippen LogP contribution in [0.1, 0.15) is 33.8 Å². The number of amides is 2. The molecule has 0 saturated heterocycles. The van der Waals surface area contributed by atoms with Crippen molar-refractivity contribution in [2.24, 2.45) is 0 Å². The quantitative estimate of drug-likeness (QED) is 0.463. The minimum Gasteiger partial charge on any atom is -0.480 e. The summed E-state index contributed by atoms with van der Waals surface area (Å²) in [6.07, 6.45) is 4.30. The molecule has 1 unspecified atom stereocenters. The molecule has 0 fully saturated rings. The summed E-state index contributed by atoms with van der Waals surface area (Å²) < 4.78 is 5.53. The van der Waals surface area contributed by atoms with E-state index in [2.05, 4.69) is 16.6 Å². The Morgan fingerprint density at radius 2 is 1.53 bits per heavy atom. The SMILES string of the molecule is C#CCC(NC(=O)c1ccccc1NC(=O)OCC1c2ccccc2-c2ccccc21)C(=O)O. The zero-order chi connectivity index (χ0) is 24.1. The number of rotatable bonds is 7. The molecule has 3 aromatic rings. The van der Waals surface area contributed by atoms with Gasteiger partial charge in [-0.05, 0) is 34.4 Å². The lowest BCUT2D eigenvalue weighted by Crippen LogP contribution is -2.40. The Morgan fingerprint density at radius 1 is 0.941 bits per heavy atom. The van der Waals surface area contributed by atoms with E-state index >= 15 is 0 Å². The number of carboxylic acids is 1. The van der Waals surface area contributed by atoms with Gasteiger partial charge in [-0.2, -0.15) is 0 Å². The average Bonchev–Trinajstić information content (AvgIpc) is 3.16. The Balaban J connectivity index is 1.45. The minimum atomic E-state index is -1.24. The van der Waals surface area contributed by atoms with Gasteiger partial charge in [-0.25, -0.2) is 9.59 Å². The van der Waals surface area contributed by atoms with Crippen LogP contribution in [0, 0.1) is 12.3 Å². The number of hydrogen-bond acceptors (Lipinski definition) is 4. The lowest BCUT2D eigenvalue weighted by atomic mass is 9.98. The molecule has 1 aliphatic carbocycles. The summed E-state index contributed by atoms with van der Waals surface area (Å²) >= 11 is 0. The molecule has 34 heavy (non-hydrogen) atoms. The van der Waals surface area contributed by atoms with Crippen molar-refractivity contribution < 1.29 is 24.2 Å². The Kier molecular flexibility index (Phi) is 6.60. The van der Waals surface area contributed by atoms with Crippen LogP contribution in [0.4, 0.5) is 10.5 Å². The molecule has 170 valence electrons. The number of anilines is 1. The van der Waals surface area contributed by atoms with Crippen LogP contribution < -0.4 is 10.6 Å². The number of fused-ring (bicyclic) bond motifs is 3. The first-order valence-electron chi connectivity index (χ1n) is 10.7. The highest BCUT2D eigenvalue weighted by atomic mass is 16.5. The normalized spacial score (nSPS) is 12.6. The van der Waals surface area contributed by atoms with Crippen LogP contribution in [0.25, 0.3) is 11.1 Å². The third-order valence-corrected chi connectivity index (χ3v) is 5.68. The highest BCUT2D eigenvalue weighted by molar-refractivity contribution is 6.03. The van der Waals surface area contributed by atoms with Crippen molar-refractivity contribution in [1.82, 2.24) is 5.32 Å². The lowest BCUT2D eigenvalue weighted by Gasteiger charge is -2.16. The van der Waals surface area contributed by atoms with Gasteiger partial charge < -0.3 is 15.2 Å². The first-order valence-corrected chi connectivity index (χ1v) is 10.7. The number of aliphatic carboxylic acids is 1. The molecule has 0 bridgehead atoms. The van der Waals surface area contributed by atoms with Crippen LogP contribution in [-0.2, 0) is 9.53 Å². The zero-order valence-electron chi connectivity index (χ0n) is 18.2. The van der Waals surface area contributed by atoms with E-state index in [0.717, 1.165) is 22.3 Å². The van der Waals surface area contributed by atoms with E-state index in [-0.39, 0.29) is 30.2 Å². The number of para-hydroxylation sites is 1. The maximum atomic E-state index is 12.6. The van der Waals surface area contributed by atoms with Gasteiger partial charge in [0.25, 0.3) is 5.91 Å². The number of carbonyl (C=O) groups excluding carboxylic acids is 2. The standard InChI is InChI=1S/C27H22N2O5/c1-2-9-24(26(31)32)28-25(30)21-14-7-8-15-23(21)29-27(33)34-16-22-19-12-5-3-10-17(19)18-11-4-6-13-20(18)22/h1,3-8,10-15,22,24H,9,16H2,(H,28,30)(H,29,33)(H,31,32). The summed E-state index contributed by atoms with van der Waals surface area (Å²) in [7, 11) is 0. The Bertz CT molecular complexity index is 1250.